The van der Waals surface area contributed by atoms with Gasteiger partial charge in [-0.25, -0.2) is 0 Å². The molecule has 0 aliphatic carbocycles. The Balaban J connectivity index is 1.95. The van der Waals surface area contributed by atoms with E-state index >= 15 is 0 Å². The summed E-state index contributed by atoms with van der Waals surface area (Å²) in [7, 11) is 1.97. The summed E-state index contributed by atoms with van der Waals surface area (Å²) in [5.41, 5.74) is 1.14. The van der Waals surface area contributed by atoms with Crippen LogP contribution >= 0.6 is 0 Å². The van der Waals surface area contributed by atoms with Crippen molar-refractivity contribution in [2.24, 2.45) is 7.05 Å². The summed E-state index contributed by atoms with van der Waals surface area (Å²) in [6, 6.07) is 2.44. The molecule has 102 valence electrons. The molecule has 2 unspecified atom stereocenters. The van der Waals surface area contributed by atoms with Gasteiger partial charge in [0.1, 0.15) is 0 Å². The first-order valence-electron chi connectivity index (χ1n) is 7.14. The molecule has 2 rings (SSSR count). The van der Waals surface area contributed by atoms with E-state index in [1.165, 1.54) is 19.3 Å². The lowest BCUT2D eigenvalue weighted by Gasteiger charge is -2.26. The van der Waals surface area contributed by atoms with Crippen molar-refractivity contribution < 1.29 is 4.74 Å². The number of hydrogen-bond donors (Lipinski definition) is 1. The number of ether oxygens (including phenoxy) is 1. The molecule has 1 fully saturated rings. The summed E-state index contributed by atoms with van der Waals surface area (Å²) in [5.74, 6) is 0. The normalized spacial score (nSPS) is 22.0. The molecule has 0 spiro atoms. The highest BCUT2D eigenvalue weighted by Crippen LogP contribution is 2.23. The van der Waals surface area contributed by atoms with Crippen LogP contribution in [0.25, 0.3) is 0 Å². The molecule has 0 amide bonds. The zero-order valence-electron chi connectivity index (χ0n) is 11.6. The smallest absolute Gasteiger partial charge is 0.0794 e. The SMILES string of the molecule is CCCNC(CC1CCCCO1)c1ccn(C)n1. The number of aryl methyl sites for hydroxylation is 1. The monoisotopic (exact) mass is 251 g/mol. The molecule has 1 aliphatic rings. The van der Waals surface area contributed by atoms with Crippen LogP contribution in [0.15, 0.2) is 12.3 Å². The van der Waals surface area contributed by atoms with Gasteiger partial charge in [0.15, 0.2) is 0 Å². The Morgan fingerprint density at radius 1 is 1.56 bits per heavy atom. The lowest BCUT2D eigenvalue weighted by molar-refractivity contribution is 0.00476. The first kappa shape index (κ1) is 13.6. The quantitative estimate of drug-likeness (QED) is 0.844. The number of nitrogens with one attached hydrogen (secondary N) is 1. The van der Waals surface area contributed by atoms with E-state index in [1.54, 1.807) is 0 Å². The predicted octanol–water partition coefficient (Wildman–Crippen LogP) is 2.42. The molecule has 2 heterocycles. The summed E-state index contributed by atoms with van der Waals surface area (Å²) in [5, 5.41) is 8.12. The van der Waals surface area contributed by atoms with E-state index in [0.29, 0.717) is 12.1 Å². The van der Waals surface area contributed by atoms with Gasteiger partial charge in [-0.1, -0.05) is 6.92 Å². The standard InChI is InChI=1S/C14H25N3O/c1-3-8-15-14(13-7-9-17(2)16-13)11-12-6-4-5-10-18-12/h7,9,12,14-15H,3-6,8,10-11H2,1-2H3. The molecular weight excluding hydrogens is 226 g/mol. The minimum atomic E-state index is 0.328. The van der Waals surface area contributed by atoms with Crippen LogP contribution in [0.5, 0.6) is 0 Å². The highest BCUT2D eigenvalue weighted by molar-refractivity contribution is 5.06. The highest BCUT2D eigenvalue weighted by atomic mass is 16.5. The zero-order chi connectivity index (χ0) is 12.8. The van der Waals surface area contributed by atoms with Crippen LogP contribution in [-0.4, -0.2) is 29.0 Å². The van der Waals surface area contributed by atoms with Gasteiger partial charge in [0, 0.05) is 19.9 Å². The molecular formula is C14H25N3O. The molecule has 4 nitrogen and oxygen atoms in total. The van der Waals surface area contributed by atoms with Crippen molar-refractivity contribution in [2.75, 3.05) is 13.2 Å². The highest BCUT2D eigenvalue weighted by Gasteiger charge is 2.21. The van der Waals surface area contributed by atoms with Crippen molar-refractivity contribution in [3.63, 3.8) is 0 Å². The van der Waals surface area contributed by atoms with Gasteiger partial charge in [-0.2, -0.15) is 5.10 Å². The Hall–Kier alpha value is -0.870. The van der Waals surface area contributed by atoms with Gasteiger partial charge in [0.05, 0.1) is 17.8 Å². The molecule has 1 N–H and O–H groups in total. The fourth-order valence-corrected chi connectivity index (χ4v) is 2.50. The molecule has 1 aliphatic heterocycles. The van der Waals surface area contributed by atoms with Crippen LogP contribution in [0.1, 0.15) is 50.8 Å². The van der Waals surface area contributed by atoms with Crippen molar-refractivity contribution >= 4 is 0 Å². The fourth-order valence-electron chi connectivity index (χ4n) is 2.50. The van der Waals surface area contributed by atoms with Crippen molar-refractivity contribution in [3.8, 4) is 0 Å². The molecule has 18 heavy (non-hydrogen) atoms. The Morgan fingerprint density at radius 3 is 3.06 bits per heavy atom. The molecule has 1 aromatic heterocycles. The Morgan fingerprint density at radius 2 is 2.44 bits per heavy atom. The summed E-state index contributed by atoms with van der Waals surface area (Å²) < 4.78 is 7.71. The van der Waals surface area contributed by atoms with E-state index < -0.39 is 0 Å². The summed E-state index contributed by atoms with van der Waals surface area (Å²) >= 11 is 0. The average Bonchev–Trinajstić information content (AvgIpc) is 2.82. The maximum Gasteiger partial charge on any atom is 0.0794 e. The first-order chi connectivity index (χ1) is 8.79. The fraction of sp³-hybridized carbons (Fsp3) is 0.786. The largest absolute Gasteiger partial charge is 0.378 e. The van der Waals surface area contributed by atoms with Gasteiger partial charge in [0.25, 0.3) is 0 Å². The summed E-state index contributed by atoms with van der Waals surface area (Å²) in [6.45, 7) is 4.15. The Labute approximate surface area is 110 Å². The van der Waals surface area contributed by atoms with Gasteiger partial charge in [-0.15, -0.1) is 0 Å². The van der Waals surface area contributed by atoms with Crippen molar-refractivity contribution in [3.05, 3.63) is 18.0 Å². The first-order valence-corrected chi connectivity index (χ1v) is 7.14. The van der Waals surface area contributed by atoms with Crippen molar-refractivity contribution in [1.82, 2.24) is 15.1 Å². The van der Waals surface area contributed by atoms with Gasteiger partial charge >= 0.3 is 0 Å². The third kappa shape index (κ3) is 3.82. The van der Waals surface area contributed by atoms with E-state index in [4.69, 9.17) is 4.74 Å². The minimum Gasteiger partial charge on any atom is -0.378 e. The Bertz CT molecular complexity index is 345. The number of hydrogen-bond acceptors (Lipinski definition) is 3. The van der Waals surface area contributed by atoms with E-state index in [-0.39, 0.29) is 0 Å². The van der Waals surface area contributed by atoms with E-state index in [9.17, 15) is 0 Å². The van der Waals surface area contributed by atoms with Gasteiger partial charge in [0.2, 0.25) is 0 Å². The minimum absolute atomic E-state index is 0.328. The zero-order valence-corrected chi connectivity index (χ0v) is 11.6. The van der Waals surface area contributed by atoms with E-state index in [0.717, 1.165) is 31.7 Å². The molecule has 2 atom stereocenters. The molecule has 0 radical (unpaired) electrons. The lowest BCUT2D eigenvalue weighted by Crippen LogP contribution is -2.29. The van der Waals surface area contributed by atoms with Gasteiger partial charge < -0.3 is 10.1 Å². The molecule has 1 saturated heterocycles. The van der Waals surface area contributed by atoms with Gasteiger partial charge in [-0.05, 0) is 44.7 Å². The predicted molar refractivity (Wildman–Crippen MR) is 72.5 cm³/mol. The van der Waals surface area contributed by atoms with Gasteiger partial charge in [-0.3, -0.25) is 4.68 Å². The summed E-state index contributed by atoms with van der Waals surface area (Å²) in [6.07, 6.45) is 8.30. The number of aromatic nitrogens is 2. The molecule has 4 heteroatoms. The van der Waals surface area contributed by atoms with Crippen molar-refractivity contribution in [1.29, 1.82) is 0 Å². The van der Waals surface area contributed by atoms with Crippen molar-refractivity contribution in [2.45, 2.75) is 51.2 Å². The lowest BCUT2D eigenvalue weighted by atomic mass is 10.00. The van der Waals surface area contributed by atoms with E-state index in [2.05, 4.69) is 23.4 Å². The second-order valence-electron chi connectivity index (χ2n) is 5.15. The van der Waals surface area contributed by atoms with Crippen LogP contribution in [0.3, 0.4) is 0 Å². The molecule has 0 aromatic carbocycles. The van der Waals surface area contributed by atoms with Crippen LogP contribution in [0.4, 0.5) is 0 Å². The van der Waals surface area contributed by atoms with Crippen LogP contribution < -0.4 is 5.32 Å². The molecule has 1 aromatic rings. The number of nitrogens with zero attached hydrogens (tertiary/aromatic N) is 2. The third-order valence-electron chi connectivity index (χ3n) is 3.50. The maximum absolute atomic E-state index is 5.84. The second kappa shape index (κ2) is 6.90. The average molecular weight is 251 g/mol. The third-order valence-corrected chi connectivity index (χ3v) is 3.50. The van der Waals surface area contributed by atoms with Crippen LogP contribution in [0.2, 0.25) is 0 Å². The topological polar surface area (TPSA) is 39.1 Å². The Kier molecular flexibility index (Phi) is 5.20. The second-order valence-corrected chi connectivity index (χ2v) is 5.15. The molecule has 0 bridgehead atoms. The van der Waals surface area contributed by atoms with Crippen LogP contribution in [-0.2, 0) is 11.8 Å². The molecule has 0 saturated carbocycles. The van der Waals surface area contributed by atoms with E-state index in [1.807, 2.05) is 17.9 Å². The summed E-state index contributed by atoms with van der Waals surface area (Å²) in [4.78, 5) is 0. The maximum atomic E-state index is 5.84. The van der Waals surface area contributed by atoms with Crippen LogP contribution in [0, 0.1) is 0 Å². The number of rotatable bonds is 6.